The van der Waals surface area contributed by atoms with Crippen LogP contribution in [0.5, 0.6) is 0 Å². The van der Waals surface area contributed by atoms with E-state index in [4.69, 9.17) is 0 Å². The van der Waals surface area contributed by atoms with Crippen molar-refractivity contribution in [3.05, 3.63) is 24.1 Å². The summed E-state index contributed by atoms with van der Waals surface area (Å²) in [4.78, 5) is 3.68. The fourth-order valence-electron chi connectivity index (χ4n) is 0.843. The average molecular weight is 168 g/mol. The standard InChI is InChI=1S/C9H13FN2/c1-3-7(2)11-9-6-4-5-8(10)12-9/h4-7H,3H2,1-2H3,(H,11,12)/t7-/m1/s1. The third-order valence-electron chi connectivity index (χ3n) is 1.72. The summed E-state index contributed by atoms with van der Waals surface area (Å²) >= 11 is 0. The average Bonchev–Trinajstić information content (AvgIpc) is 2.04. The Labute approximate surface area is 71.8 Å². The molecule has 0 radical (unpaired) electrons. The van der Waals surface area contributed by atoms with Crippen molar-refractivity contribution in [2.24, 2.45) is 0 Å². The molecular weight excluding hydrogens is 155 g/mol. The lowest BCUT2D eigenvalue weighted by atomic mass is 10.2. The molecule has 0 aromatic carbocycles. The summed E-state index contributed by atoms with van der Waals surface area (Å²) in [5, 5.41) is 3.08. The van der Waals surface area contributed by atoms with Crippen LogP contribution in [-0.4, -0.2) is 11.0 Å². The van der Waals surface area contributed by atoms with Gasteiger partial charge in [0.05, 0.1) is 0 Å². The second kappa shape index (κ2) is 4.04. The molecule has 12 heavy (non-hydrogen) atoms. The molecule has 1 aromatic heterocycles. The molecule has 1 atom stereocenters. The van der Waals surface area contributed by atoms with Gasteiger partial charge in [-0.1, -0.05) is 13.0 Å². The summed E-state index contributed by atoms with van der Waals surface area (Å²) in [5.41, 5.74) is 0. The Bertz CT molecular complexity index is 250. The highest BCUT2D eigenvalue weighted by Gasteiger charge is 1.99. The Balaban J connectivity index is 2.63. The SMILES string of the molecule is CC[C@@H](C)Nc1cccc(F)n1. The number of aromatic nitrogens is 1. The fourth-order valence-corrected chi connectivity index (χ4v) is 0.843. The van der Waals surface area contributed by atoms with E-state index in [-0.39, 0.29) is 0 Å². The predicted molar refractivity (Wildman–Crippen MR) is 47.6 cm³/mol. The van der Waals surface area contributed by atoms with Gasteiger partial charge >= 0.3 is 0 Å². The smallest absolute Gasteiger partial charge is 0.214 e. The third-order valence-corrected chi connectivity index (χ3v) is 1.72. The highest BCUT2D eigenvalue weighted by atomic mass is 19.1. The van der Waals surface area contributed by atoms with E-state index < -0.39 is 5.95 Å². The van der Waals surface area contributed by atoms with Gasteiger partial charge in [0.15, 0.2) is 0 Å². The lowest BCUT2D eigenvalue weighted by Gasteiger charge is -2.11. The van der Waals surface area contributed by atoms with Gasteiger partial charge in [-0.3, -0.25) is 0 Å². The highest BCUT2D eigenvalue weighted by molar-refractivity contribution is 5.34. The molecule has 1 heterocycles. The number of hydrogen-bond donors (Lipinski definition) is 1. The number of pyridine rings is 1. The molecule has 0 spiro atoms. The van der Waals surface area contributed by atoms with Crippen LogP contribution in [0.4, 0.5) is 10.2 Å². The summed E-state index contributed by atoms with van der Waals surface area (Å²) in [6.45, 7) is 4.10. The molecule has 0 aliphatic heterocycles. The minimum absolute atomic E-state index is 0.333. The number of anilines is 1. The molecule has 0 saturated carbocycles. The van der Waals surface area contributed by atoms with Crippen LogP contribution in [0.2, 0.25) is 0 Å². The van der Waals surface area contributed by atoms with Crippen molar-refractivity contribution in [2.45, 2.75) is 26.3 Å². The molecule has 0 bridgehead atoms. The fraction of sp³-hybridized carbons (Fsp3) is 0.444. The zero-order valence-corrected chi connectivity index (χ0v) is 7.34. The third kappa shape index (κ3) is 2.49. The van der Waals surface area contributed by atoms with Crippen LogP contribution in [-0.2, 0) is 0 Å². The van der Waals surface area contributed by atoms with Gasteiger partial charge in [-0.2, -0.15) is 4.39 Å². The minimum Gasteiger partial charge on any atom is -0.368 e. The van der Waals surface area contributed by atoms with Crippen LogP contribution in [0, 0.1) is 5.95 Å². The topological polar surface area (TPSA) is 24.9 Å². The summed E-state index contributed by atoms with van der Waals surface area (Å²) < 4.78 is 12.6. The van der Waals surface area contributed by atoms with E-state index >= 15 is 0 Å². The van der Waals surface area contributed by atoms with E-state index in [9.17, 15) is 4.39 Å². The zero-order chi connectivity index (χ0) is 8.97. The summed E-state index contributed by atoms with van der Waals surface area (Å²) in [6, 6.07) is 5.07. The molecule has 0 unspecified atom stereocenters. The van der Waals surface area contributed by atoms with Crippen molar-refractivity contribution < 1.29 is 4.39 Å². The van der Waals surface area contributed by atoms with Crippen molar-refractivity contribution in [2.75, 3.05) is 5.32 Å². The molecule has 0 amide bonds. The van der Waals surface area contributed by atoms with Gasteiger partial charge in [0.1, 0.15) is 5.82 Å². The summed E-state index contributed by atoms with van der Waals surface area (Å²) in [7, 11) is 0. The van der Waals surface area contributed by atoms with Crippen molar-refractivity contribution >= 4 is 5.82 Å². The van der Waals surface area contributed by atoms with Gasteiger partial charge < -0.3 is 5.32 Å². The van der Waals surface area contributed by atoms with Crippen LogP contribution in [0.15, 0.2) is 18.2 Å². The Hall–Kier alpha value is -1.12. The minimum atomic E-state index is -0.441. The lowest BCUT2D eigenvalue weighted by Crippen LogP contribution is -2.14. The van der Waals surface area contributed by atoms with Crippen LogP contribution in [0.3, 0.4) is 0 Å². The van der Waals surface area contributed by atoms with Gasteiger partial charge in [-0.25, -0.2) is 4.98 Å². The number of nitrogens with zero attached hydrogens (tertiary/aromatic N) is 1. The van der Waals surface area contributed by atoms with E-state index in [2.05, 4.69) is 17.2 Å². The summed E-state index contributed by atoms with van der Waals surface area (Å²) in [5.74, 6) is 0.160. The Morgan fingerprint density at radius 2 is 2.33 bits per heavy atom. The quantitative estimate of drug-likeness (QED) is 0.701. The Kier molecular flexibility index (Phi) is 3.02. The van der Waals surface area contributed by atoms with Crippen LogP contribution in [0.1, 0.15) is 20.3 Å². The van der Waals surface area contributed by atoms with E-state index in [1.807, 2.05) is 6.92 Å². The van der Waals surface area contributed by atoms with E-state index in [1.54, 1.807) is 12.1 Å². The molecule has 1 N–H and O–H groups in total. The van der Waals surface area contributed by atoms with Gasteiger partial charge in [-0.15, -0.1) is 0 Å². The maximum absolute atomic E-state index is 12.6. The molecule has 1 rings (SSSR count). The lowest BCUT2D eigenvalue weighted by molar-refractivity contribution is 0.583. The molecule has 3 heteroatoms. The predicted octanol–water partition coefficient (Wildman–Crippen LogP) is 2.43. The molecule has 66 valence electrons. The first-order valence-electron chi connectivity index (χ1n) is 4.11. The maximum Gasteiger partial charge on any atom is 0.214 e. The molecule has 0 saturated heterocycles. The first kappa shape index (κ1) is 8.97. The number of halogens is 1. The van der Waals surface area contributed by atoms with Gasteiger partial charge in [0.2, 0.25) is 5.95 Å². The molecular formula is C9H13FN2. The molecule has 0 fully saturated rings. The van der Waals surface area contributed by atoms with Crippen LogP contribution >= 0.6 is 0 Å². The molecule has 2 nitrogen and oxygen atoms in total. The van der Waals surface area contributed by atoms with Gasteiger partial charge in [-0.05, 0) is 25.5 Å². The molecule has 0 aliphatic rings. The molecule has 0 aliphatic carbocycles. The second-order valence-corrected chi connectivity index (χ2v) is 2.80. The number of nitrogens with one attached hydrogen (secondary N) is 1. The number of rotatable bonds is 3. The van der Waals surface area contributed by atoms with Gasteiger partial charge in [0, 0.05) is 6.04 Å². The first-order valence-corrected chi connectivity index (χ1v) is 4.11. The zero-order valence-electron chi connectivity index (χ0n) is 7.34. The van der Waals surface area contributed by atoms with Crippen LogP contribution in [0.25, 0.3) is 0 Å². The Morgan fingerprint density at radius 3 is 2.92 bits per heavy atom. The first-order chi connectivity index (χ1) is 5.72. The van der Waals surface area contributed by atoms with Crippen LogP contribution < -0.4 is 5.32 Å². The summed E-state index contributed by atoms with van der Waals surface area (Å²) in [6.07, 6.45) is 0.998. The van der Waals surface area contributed by atoms with Gasteiger partial charge in [0.25, 0.3) is 0 Å². The van der Waals surface area contributed by atoms with Crippen molar-refractivity contribution in [1.82, 2.24) is 4.98 Å². The number of hydrogen-bond acceptors (Lipinski definition) is 2. The second-order valence-electron chi connectivity index (χ2n) is 2.80. The normalized spacial score (nSPS) is 12.6. The van der Waals surface area contributed by atoms with E-state index in [1.165, 1.54) is 6.07 Å². The largest absolute Gasteiger partial charge is 0.368 e. The monoisotopic (exact) mass is 168 g/mol. The maximum atomic E-state index is 12.6. The van der Waals surface area contributed by atoms with E-state index in [0.717, 1.165) is 6.42 Å². The van der Waals surface area contributed by atoms with Crippen molar-refractivity contribution in [3.8, 4) is 0 Å². The Morgan fingerprint density at radius 1 is 1.58 bits per heavy atom. The van der Waals surface area contributed by atoms with E-state index in [0.29, 0.717) is 11.9 Å². The van der Waals surface area contributed by atoms with Crippen molar-refractivity contribution in [1.29, 1.82) is 0 Å². The van der Waals surface area contributed by atoms with Crippen molar-refractivity contribution in [3.63, 3.8) is 0 Å². The molecule has 1 aromatic rings. The highest BCUT2D eigenvalue weighted by Crippen LogP contribution is 2.06.